The van der Waals surface area contributed by atoms with Crippen LogP contribution in [0.25, 0.3) is 0 Å². The standard InChI is InChI=1S/C18H35NO/c1-16-8-4-5-10-17(2)18(3,11-7-6-9-16)19-12-14-20-15-13-19/h16-17H,4-15H2,1-3H3. The summed E-state index contributed by atoms with van der Waals surface area (Å²) < 4.78 is 5.56. The zero-order valence-electron chi connectivity index (χ0n) is 14.0. The molecule has 1 saturated carbocycles. The Morgan fingerprint density at radius 1 is 0.900 bits per heavy atom. The maximum atomic E-state index is 5.56. The SMILES string of the molecule is CC1CCCCC(C)C(C)(N2CCOCC2)CCCC1. The molecule has 118 valence electrons. The van der Waals surface area contributed by atoms with E-state index in [1.165, 1.54) is 51.4 Å². The quantitative estimate of drug-likeness (QED) is 0.702. The summed E-state index contributed by atoms with van der Waals surface area (Å²) in [4.78, 5) is 2.74. The van der Waals surface area contributed by atoms with Crippen molar-refractivity contribution in [2.75, 3.05) is 26.3 Å². The fourth-order valence-corrected chi connectivity index (χ4v) is 4.16. The first-order valence-electron chi connectivity index (χ1n) is 8.96. The van der Waals surface area contributed by atoms with Crippen LogP contribution in [0.5, 0.6) is 0 Å². The Labute approximate surface area is 126 Å². The Balaban J connectivity index is 2.01. The molecule has 0 aromatic carbocycles. The maximum Gasteiger partial charge on any atom is 0.0594 e. The van der Waals surface area contributed by atoms with Crippen molar-refractivity contribution in [3.8, 4) is 0 Å². The molecule has 2 aliphatic rings. The molecule has 0 amide bonds. The highest BCUT2D eigenvalue weighted by Crippen LogP contribution is 2.35. The molecular formula is C18H35NO. The van der Waals surface area contributed by atoms with Crippen molar-refractivity contribution in [3.63, 3.8) is 0 Å². The fourth-order valence-electron chi connectivity index (χ4n) is 4.16. The zero-order valence-corrected chi connectivity index (χ0v) is 14.0. The van der Waals surface area contributed by atoms with Crippen LogP contribution in [0.15, 0.2) is 0 Å². The normalized spacial score (nSPS) is 39.1. The lowest BCUT2D eigenvalue weighted by atomic mass is 9.78. The van der Waals surface area contributed by atoms with Crippen molar-refractivity contribution in [2.24, 2.45) is 11.8 Å². The summed E-state index contributed by atoms with van der Waals surface area (Å²) in [5, 5.41) is 0. The summed E-state index contributed by atoms with van der Waals surface area (Å²) in [6.07, 6.45) is 11.3. The fraction of sp³-hybridized carbons (Fsp3) is 1.00. The van der Waals surface area contributed by atoms with E-state index < -0.39 is 0 Å². The average Bonchev–Trinajstić information content (AvgIpc) is 2.50. The molecular weight excluding hydrogens is 246 g/mol. The number of hydrogen-bond acceptors (Lipinski definition) is 2. The van der Waals surface area contributed by atoms with Gasteiger partial charge in [0.1, 0.15) is 0 Å². The molecule has 1 aliphatic carbocycles. The second kappa shape index (κ2) is 7.79. The molecule has 0 aromatic heterocycles. The van der Waals surface area contributed by atoms with Crippen LogP contribution in [0.4, 0.5) is 0 Å². The van der Waals surface area contributed by atoms with Crippen LogP contribution in [0.1, 0.15) is 72.1 Å². The first-order chi connectivity index (χ1) is 9.63. The highest BCUT2D eigenvalue weighted by Gasteiger charge is 2.37. The lowest BCUT2D eigenvalue weighted by Gasteiger charge is -2.47. The minimum atomic E-state index is 0.400. The molecule has 0 radical (unpaired) electrons. The van der Waals surface area contributed by atoms with E-state index in [0.717, 1.165) is 38.1 Å². The molecule has 0 aromatic rings. The Kier molecular flexibility index (Phi) is 6.35. The maximum absolute atomic E-state index is 5.56. The molecule has 0 spiro atoms. The summed E-state index contributed by atoms with van der Waals surface area (Å²) in [6, 6.07) is 0. The van der Waals surface area contributed by atoms with Crippen LogP contribution in [0.2, 0.25) is 0 Å². The molecule has 0 N–H and O–H groups in total. The number of morpholine rings is 1. The number of nitrogens with zero attached hydrogens (tertiary/aromatic N) is 1. The predicted molar refractivity (Wildman–Crippen MR) is 86.1 cm³/mol. The predicted octanol–water partition coefficient (Wildman–Crippen LogP) is 4.48. The molecule has 1 aliphatic heterocycles. The summed E-state index contributed by atoms with van der Waals surface area (Å²) in [6.45, 7) is 11.6. The second-order valence-corrected chi connectivity index (χ2v) is 7.49. The molecule has 3 unspecified atom stereocenters. The Bertz CT molecular complexity index is 275. The lowest BCUT2D eigenvalue weighted by molar-refractivity contribution is -0.0428. The third-order valence-corrected chi connectivity index (χ3v) is 6.01. The van der Waals surface area contributed by atoms with Gasteiger partial charge in [-0.05, 0) is 31.6 Å². The van der Waals surface area contributed by atoms with Crippen LogP contribution < -0.4 is 0 Å². The van der Waals surface area contributed by atoms with Gasteiger partial charge in [-0.15, -0.1) is 0 Å². The number of rotatable bonds is 1. The Morgan fingerprint density at radius 2 is 1.50 bits per heavy atom. The highest BCUT2D eigenvalue weighted by atomic mass is 16.5. The van der Waals surface area contributed by atoms with Crippen LogP contribution in [-0.4, -0.2) is 36.7 Å². The Morgan fingerprint density at radius 3 is 2.20 bits per heavy atom. The van der Waals surface area contributed by atoms with E-state index in [1.54, 1.807) is 0 Å². The van der Waals surface area contributed by atoms with E-state index >= 15 is 0 Å². The molecule has 2 rings (SSSR count). The monoisotopic (exact) mass is 281 g/mol. The molecule has 0 bridgehead atoms. The number of ether oxygens (including phenoxy) is 1. The van der Waals surface area contributed by atoms with Gasteiger partial charge in [-0.2, -0.15) is 0 Å². The first-order valence-corrected chi connectivity index (χ1v) is 8.96. The third kappa shape index (κ3) is 4.21. The van der Waals surface area contributed by atoms with Gasteiger partial charge < -0.3 is 4.74 Å². The van der Waals surface area contributed by atoms with E-state index in [4.69, 9.17) is 4.74 Å². The van der Waals surface area contributed by atoms with Crippen molar-refractivity contribution >= 4 is 0 Å². The molecule has 2 fully saturated rings. The molecule has 20 heavy (non-hydrogen) atoms. The van der Waals surface area contributed by atoms with E-state index in [1.807, 2.05) is 0 Å². The van der Waals surface area contributed by atoms with Gasteiger partial charge >= 0.3 is 0 Å². The molecule has 2 nitrogen and oxygen atoms in total. The van der Waals surface area contributed by atoms with E-state index in [2.05, 4.69) is 25.7 Å². The third-order valence-electron chi connectivity index (χ3n) is 6.01. The van der Waals surface area contributed by atoms with Crippen molar-refractivity contribution in [1.29, 1.82) is 0 Å². The Hall–Kier alpha value is -0.0800. The van der Waals surface area contributed by atoms with E-state index in [9.17, 15) is 0 Å². The van der Waals surface area contributed by atoms with Crippen LogP contribution in [0.3, 0.4) is 0 Å². The van der Waals surface area contributed by atoms with Crippen LogP contribution in [-0.2, 0) is 4.74 Å². The first kappa shape index (κ1) is 16.3. The van der Waals surface area contributed by atoms with Gasteiger partial charge in [-0.1, -0.05) is 52.4 Å². The highest BCUT2D eigenvalue weighted by molar-refractivity contribution is 4.92. The van der Waals surface area contributed by atoms with Crippen molar-refractivity contribution in [1.82, 2.24) is 4.90 Å². The summed E-state index contributed by atoms with van der Waals surface area (Å²) >= 11 is 0. The minimum Gasteiger partial charge on any atom is -0.379 e. The van der Waals surface area contributed by atoms with Crippen LogP contribution >= 0.6 is 0 Å². The molecule has 1 heterocycles. The smallest absolute Gasteiger partial charge is 0.0594 e. The molecule has 3 atom stereocenters. The second-order valence-electron chi connectivity index (χ2n) is 7.49. The number of hydrogen-bond donors (Lipinski definition) is 0. The molecule has 2 heteroatoms. The summed E-state index contributed by atoms with van der Waals surface area (Å²) in [5.74, 6) is 1.76. The summed E-state index contributed by atoms with van der Waals surface area (Å²) in [7, 11) is 0. The van der Waals surface area contributed by atoms with Gasteiger partial charge in [0.05, 0.1) is 13.2 Å². The largest absolute Gasteiger partial charge is 0.379 e. The van der Waals surface area contributed by atoms with Gasteiger partial charge in [0.15, 0.2) is 0 Å². The van der Waals surface area contributed by atoms with Crippen molar-refractivity contribution in [3.05, 3.63) is 0 Å². The van der Waals surface area contributed by atoms with E-state index in [-0.39, 0.29) is 0 Å². The van der Waals surface area contributed by atoms with Crippen LogP contribution in [0, 0.1) is 11.8 Å². The van der Waals surface area contributed by atoms with E-state index in [0.29, 0.717) is 5.54 Å². The van der Waals surface area contributed by atoms with Gasteiger partial charge in [0, 0.05) is 18.6 Å². The van der Waals surface area contributed by atoms with Crippen molar-refractivity contribution in [2.45, 2.75) is 77.7 Å². The van der Waals surface area contributed by atoms with Gasteiger partial charge in [0.2, 0.25) is 0 Å². The van der Waals surface area contributed by atoms with Gasteiger partial charge in [-0.3, -0.25) is 4.90 Å². The topological polar surface area (TPSA) is 12.5 Å². The van der Waals surface area contributed by atoms with Gasteiger partial charge in [-0.25, -0.2) is 0 Å². The zero-order chi connectivity index (χ0) is 14.4. The molecule has 1 saturated heterocycles. The summed E-state index contributed by atoms with van der Waals surface area (Å²) in [5.41, 5.74) is 0.400. The lowest BCUT2D eigenvalue weighted by Crippen LogP contribution is -2.55. The van der Waals surface area contributed by atoms with Gasteiger partial charge in [0.25, 0.3) is 0 Å². The van der Waals surface area contributed by atoms with Crippen molar-refractivity contribution < 1.29 is 4.74 Å². The minimum absolute atomic E-state index is 0.400. The average molecular weight is 281 g/mol.